The smallest absolute Gasteiger partial charge is 0.208 e. The molecule has 2 aromatic rings. The molecular weight excluding hydrogens is 337 g/mol. The van der Waals surface area contributed by atoms with Crippen LogP contribution in [0.4, 0.5) is 4.39 Å². The summed E-state index contributed by atoms with van der Waals surface area (Å²) in [6.45, 7) is 1.82. The van der Waals surface area contributed by atoms with Gasteiger partial charge in [0.25, 0.3) is 0 Å². The SMILES string of the molecule is Cc1ccc(C=CS(=O)(=O)N(C)Cc2c(F)cccc2Cl)cc1. The third-order valence-electron chi connectivity index (χ3n) is 3.39. The molecule has 0 N–H and O–H groups in total. The highest BCUT2D eigenvalue weighted by atomic mass is 35.5. The van der Waals surface area contributed by atoms with Crippen LogP contribution in [0.5, 0.6) is 0 Å². The summed E-state index contributed by atoms with van der Waals surface area (Å²) in [7, 11) is -2.29. The van der Waals surface area contributed by atoms with Gasteiger partial charge < -0.3 is 0 Å². The van der Waals surface area contributed by atoms with Crippen LogP contribution in [0.15, 0.2) is 47.9 Å². The Kier molecular flexibility index (Phi) is 5.57. The third-order valence-corrected chi connectivity index (χ3v) is 5.22. The van der Waals surface area contributed by atoms with E-state index in [-0.39, 0.29) is 17.1 Å². The van der Waals surface area contributed by atoms with E-state index < -0.39 is 15.8 Å². The largest absolute Gasteiger partial charge is 0.236 e. The standard InChI is InChI=1S/C17H17ClFNO2S/c1-13-6-8-14(9-7-13)10-11-23(21,22)20(2)12-15-16(18)4-3-5-17(15)19/h3-11H,12H2,1-2H3. The number of benzene rings is 2. The fourth-order valence-electron chi connectivity index (χ4n) is 1.94. The molecule has 23 heavy (non-hydrogen) atoms. The van der Waals surface area contributed by atoms with Crippen molar-refractivity contribution in [1.29, 1.82) is 0 Å². The van der Waals surface area contributed by atoms with Crippen molar-refractivity contribution in [2.45, 2.75) is 13.5 Å². The summed E-state index contributed by atoms with van der Waals surface area (Å²) < 4.78 is 39.4. The van der Waals surface area contributed by atoms with Gasteiger partial charge in [0.2, 0.25) is 10.0 Å². The highest BCUT2D eigenvalue weighted by Crippen LogP contribution is 2.21. The zero-order valence-corrected chi connectivity index (χ0v) is 14.4. The molecule has 0 unspecified atom stereocenters. The van der Waals surface area contributed by atoms with E-state index in [0.29, 0.717) is 0 Å². The summed E-state index contributed by atoms with van der Waals surface area (Å²) in [5, 5.41) is 1.31. The first-order chi connectivity index (χ1) is 10.8. The van der Waals surface area contributed by atoms with E-state index in [2.05, 4.69) is 0 Å². The lowest BCUT2D eigenvalue weighted by Crippen LogP contribution is -2.25. The van der Waals surface area contributed by atoms with Gasteiger partial charge in [0.1, 0.15) is 5.82 Å². The van der Waals surface area contributed by atoms with E-state index in [1.807, 2.05) is 31.2 Å². The van der Waals surface area contributed by atoms with Gasteiger partial charge in [-0.2, -0.15) is 4.31 Å². The molecule has 0 aliphatic heterocycles. The Hall–Kier alpha value is -1.69. The lowest BCUT2D eigenvalue weighted by Gasteiger charge is -2.16. The van der Waals surface area contributed by atoms with Crippen molar-refractivity contribution in [2.24, 2.45) is 0 Å². The van der Waals surface area contributed by atoms with Gasteiger partial charge in [-0.25, -0.2) is 12.8 Å². The molecule has 0 heterocycles. The molecule has 2 rings (SSSR count). The molecular formula is C17H17ClFNO2S. The maximum absolute atomic E-state index is 13.8. The normalized spacial score (nSPS) is 12.2. The van der Waals surface area contributed by atoms with Gasteiger partial charge in [-0.15, -0.1) is 0 Å². The van der Waals surface area contributed by atoms with Crippen LogP contribution >= 0.6 is 11.6 Å². The molecule has 0 aliphatic carbocycles. The number of hydrogen-bond donors (Lipinski definition) is 0. The molecule has 0 atom stereocenters. The van der Waals surface area contributed by atoms with Gasteiger partial charge in [0, 0.05) is 29.6 Å². The van der Waals surface area contributed by atoms with Crippen LogP contribution in [-0.2, 0) is 16.6 Å². The summed E-state index contributed by atoms with van der Waals surface area (Å²) in [5.74, 6) is -0.526. The van der Waals surface area contributed by atoms with Crippen LogP contribution in [0.3, 0.4) is 0 Å². The molecule has 0 radical (unpaired) electrons. The van der Waals surface area contributed by atoms with Gasteiger partial charge in [0.15, 0.2) is 0 Å². The summed E-state index contributed by atoms with van der Waals surface area (Å²) >= 11 is 5.93. The molecule has 2 aromatic carbocycles. The number of nitrogens with zero attached hydrogens (tertiary/aromatic N) is 1. The van der Waals surface area contributed by atoms with Crippen LogP contribution in [0, 0.1) is 12.7 Å². The Morgan fingerprint density at radius 2 is 1.83 bits per heavy atom. The number of halogens is 2. The van der Waals surface area contributed by atoms with E-state index in [1.54, 1.807) is 0 Å². The number of rotatable bonds is 5. The van der Waals surface area contributed by atoms with Crippen molar-refractivity contribution in [3.05, 3.63) is 75.4 Å². The second kappa shape index (κ2) is 7.25. The Bertz CT molecular complexity index is 797. The molecule has 0 aliphatic rings. The number of aryl methyl sites for hydroxylation is 1. The van der Waals surface area contributed by atoms with E-state index in [0.717, 1.165) is 20.8 Å². The zero-order chi connectivity index (χ0) is 17.0. The third kappa shape index (κ3) is 4.64. The van der Waals surface area contributed by atoms with Crippen LogP contribution in [-0.4, -0.2) is 19.8 Å². The van der Waals surface area contributed by atoms with Crippen LogP contribution in [0.2, 0.25) is 5.02 Å². The van der Waals surface area contributed by atoms with Crippen molar-refractivity contribution in [3.8, 4) is 0 Å². The lowest BCUT2D eigenvalue weighted by atomic mass is 10.2. The molecule has 0 saturated heterocycles. The van der Waals surface area contributed by atoms with Crippen molar-refractivity contribution < 1.29 is 12.8 Å². The number of sulfonamides is 1. The molecule has 122 valence electrons. The summed E-state index contributed by atoms with van der Waals surface area (Å²) in [4.78, 5) is 0. The molecule has 3 nitrogen and oxygen atoms in total. The van der Waals surface area contributed by atoms with Crippen molar-refractivity contribution >= 4 is 27.7 Å². The molecule has 0 aromatic heterocycles. The van der Waals surface area contributed by atoms with Gasteiger partial charge >= 0.3 is 0 Å². The quantitative estimate of drug-likeness (QED) is 0.807. The van der Waals surface area contributed by atoms with Crippen molar-refractivity contribution in [2.75, 3.05) is 7.05 Å². The second-order valence-corrected chi connectivity index (χ2v) is 7.55. The van der Waals surface area contributed by atoms with Crippen LogP contribution in [0.1, 0.15) is 16.7 Å². The molecule has 0 spiro atoms. The maximum atomic E-state index is 13.8. The molecule has 0 amide bonds. The first-order valence-corrected chi connectivity index (χ1v) is 8.82. The first kappa shape index (κ1) is 17.7. The van der Waals surface area contributed by atoms with E-state index >= 15 is 0 Å². The summed E-state index contributed by atoms with van der Waals surface area (Å²) in [5.41, 5.74) is 2.02. The summed E-state index contributed by atoms with van der Waals surface area (Å²) in [6.07, 6.45) is 1.51. The van der Waals surface area contributed by atoms with Gasteiger partial charge in [0.05, 0.1) is 0 Å². The maximum Gasteiger partial charge on any atom is 0.236 e. The Labute approximate surface area is 141 Å². The predicted molar refractivity (Wildman–Crippen MR) is 92.0 cm³/mol. The van der Waals surface area contributed by atoms with Crippen molar-refractivity contribution in [1.82, 2.24) is 4.31 Å². The molecule has 0 bridgehead atoms. The number of hydrogen-bond acceptors (Lipinski definition) is 2. The van der Waals surface area contributed by atoms with E-state index in [4.69, 9.17) is 11.6 Å². The lowest BCUT2D eigenvalue weighted by molar-refractivity contribution is 0.464. The minimum absolute atomic E-state index is 0.133. The minimum atomic E-state index is -3.67. The second-order valence-electron chi connectivity index (χ2n) is 5.21. The highest BCUT2D eigenvalue weighted by molar-refractivity contribution is 7.92. The minimum Gasteiger partial charge on any atom is -0.208 e. The fraction of sp³-hybridized carbons (Fsp3) is 0.176. The van der Waals surface area contributed by atoms with E-state index in [9.17, 15) is 12.8 Å². The van der Waals surface area contributed by atoms with Crippen LogP contribution in [0.25, 0.3) is 6.08 Å². The highest BCUT2D eigenvalue weighted by Gasteiger charge is 2.18. The summed E-state index contributed by atoms with van der Waals surface area (Å²) in [6, 6.07) is 11.7. The van der Waals surface area contributed by atoms with E-state index in [1.165, 1.54) is 31.3 Å². The Morgan fingerprint density at radius 1 is 1.17 bits per heavy atom. The van der Waals surface area contributed by atoms with Crippen molar-refractivity contribution in [3.63, 3.8) is 0 Å². The van der Waals surface area contributed by atoms with Gasteiger partial charge in [-0.1, -0.05) is 47.5 Å². The van der Waals surface area contributed by atoms with Crippen LogP contribution < -0.4 is 0 Å². The Morgan fingerprint density at radius 3 is 2.43 bits per heavy atom. The average molecular weight is 354 g/mol. The fourth-order valence-corrected chi connectivity index (χ4v) is 3.01. The Balaban J connectivity index is 2.17. The van der Waals surface area contributed by atoms with Gasteiger partial charge in [-0.05, 0) is 30.7 Å². The first-order valence-electron chi connectivity index (χ1n) is 6.93. The monoisotopic (exact) mass is 353 g/mol. The van der Waals surface area contributed by atoms with Gasteiger partial charge in [-0.3, -0.25) is 0 Å². The molecule has 6 heteroatoms. The average Bonchev–Trinajstić information content (AvgIpc) is 2.50. The zero-order valence-electron chi connectivity index (χ0n) is 12.8. The topological polar surface area (TPSA) is 37.4 Å². The molecule has 0 saturated carbocycles. The molecule has 0 fully saturated rings. The predicted octanol–water partition coefficient (Wildman–Crippen LogP) is 4.22.